The Labute approximate surface area is 131 Å². The zero-order valence-electron chi connectivity index (χ0n) is 12.3. The highest BCUT2D eigenvalue weighted by Crippen LogP contribution is 2.20. The first-order valence-corrected chi connectivity index (χ1v) is 6.86. The molecule has 23 heavy (non-hydrogen) atoms. The maximum atomic E-state index is 12.5. The van der Waals surface area contributed by atoms with Crippen LogP contribution in [0, 0.1) is 6.57 Å². The van der Waals surface area contributed by atoms with Crippen LogP contribution in [0.3, 0.4) is 0 Å². The summed E-state index contributed by atoms with van der Waals surface area (Å²) in [4.78, 5) is 31.2. The highest BCUT2D eigenvalue weighted by molar-refractivity contribution is 5.93. The third-order valence-corrected chi connectivity index (χ3v) is 3.46. The third kappa shape index (κ3) is 2.68. The standard InChI is InChI=1S/C17H12N4O2/c1-11(22)13-5-8-16(19-9-13)21-17(23)15(10-20-21)12-3-6-14(18-2)7-4-12/h3-10,20H,1H3. The molecule has 3 aromatic rings. The van der Waals surface area contributed by atoms with E-state index in [1.165, 1.54) is 17.8 Å². The highest BCUT2D eigenvalue weighted by Gasteiger charge is 2.11. The van der Waals surface area contributed by atoms with Crippen molar-refractivity contribution in [1.82, 2.24) is 14.8 Å². The number of ketones is 1. The van der Waals surface area contributed by atoms with Crippen LogP contribution in [0.5, 0.6) is 0 Å². The van der Waals surface area contributed by atoms with Gasteiger partial charge in [0.15, 0.2) is 17.3 Å². The molecule has 0 fully saturated rings. The Bertz CT molecular complexity index is 958. The lowest BCUT2D eigenvalue weighted by Crippen LogP contribution is -2.17. The van der Waals surface area contributed by atoms with Gasteiger partial charge in [0.1, 0.15) is 0 Å². The minimum absolute atomic E-state index is 0.0801. The first-order valence-electron chi connectivity index (χ1n) is 6.86. The molecular weight excluding hydrogens is 292 g/mol. The van der Waals surface area contributed by atoms with Crippen molar-refractivity contribution in [1.29, 1.82) is 0 Å². The summed E-state index contributed by atoms with van der Waals surface area (Å²) in [7, 11) is 0. The van der Waals surface area contributed by atoms with Gasteiger partial charge in [-0.2, -0.15) is 0 Å². The Balaban J connectivity index is 2.00. The number of nitrogens with one attached hydrogen (secondary N) is 1. The molecule has 0 aliphatic heterocycles. The van der Waals surface area contributed by atoms with E-state index in [1.807, 2.05) is 0 Å². The normalized spacial score (nSPS) is 10.3. The molecule has 0 spiro atoms. The van der Waals surface area contributed by atoms with Crippen LogP contribution >= 0.6 is 0 Å². The number of carbonyl (C=O) groups excluding carboxylic acids is 1. The van der Waals surface area contributed by atoms with Crippen LogP contribution < -0.4 is 5.56 Å². The molecule has 0 saturated carbocycles. The Kier molecular flexibility index (Phi) is 3.61. The molecule has 3 rings (SSSR count). The maximum Gasteiger partial charge on any atom is 0.280 e. The molecule has 112 valence electrons. The van der Waals surface area contributed by atoms with E-state index in [1.54, 1.807) is 42.6 Å². The quantitative estimate of drug-likeness (QED) is 0.597. The second kappa shape index (κ2) is 5.73. The first kappa shape index (κ1) is 14.5. The van der Waals surface area contributed by atoms with Crippen molar-refractivity contribution in [2.24, 2.45) is 0 Å². The molecule has 6 nitrogen and oxygen atoms in total. The summed E-state index contributed by atoms with van der Waals surface area (Å²) in [6.07, 6.45) is 3.03. The second-order valence-corrected chi connectivity index (χ2v) is 4.95. The summed E-state index contributed by atoms with van der Waals surface area (Å²) in [5.41, 5.74) is 1.97. The lowest BCUT2D eigenvalue weighted by atomic mass is 10.1. The van der Waals surface area contributed by atoms with Gasteiger partial charge < -0.3 is 0 Å². The van der Waals surface area contributed by atoms with Gasteiger partial charge in [-0.05, 0) is 24.6 Å². The number of H-pyrrole nitrogens is 1. The summed E-state index contributed by atoms with van der Waals surface area (Å²) in [6.45, 7) is 8.41. The number of aromatic nitrogens is 3. The fourth-order valence-corrected chi connectivity index (χ4v) is 2.19. The molecule has 6 heteroatoms. The third-order valence-electron chi connectivity index (χ3n) is 3.46. The molecule has 0 atom stereocenters. The van der Waals surface area contributed by atoms with Crippen LogP contribution in [0.25, 0.3) is 21.8 Å². The molecule has 0 saturated heterocycles. The molecule has 1 aromatic carbocycles. The van der Waals surface area contributed by atoms with Crippen molar-refractivity contribution in [3.05, 3.63) is 76.1 Å². The molecule has 2 heterocycles. The molecule has 0 unspecified atom stereocenters. The number of pyridine rings is 1. The molecule has 2 aromatic heterocycles. The van der Waals surface area contributed by atoms with Crippen molar-refractivity contribution < 1.29 is 4.79 Å². The number of benzene rings is 1. The SMILES string of the molecule is [C-]#[N+]c1ccc(-c2c[nH]n(-c3ccc(C(C)=O)cn3)c2=O)cc1. The zero-order valence-corrected chi connectivity index (χ0v) is 12.3. The Morgan fingerprint density at radius 3 is 2.52 bits per heavy atom. The van der Waals surface area contributed by atoms with E-state index >= 15 is 0 Å². The zero-order chi connectivity index (χ0) is 16.4. The predicted molar refractivity (Wildman–Crippen MR) is 85.9 cm³/mol. The minimum Gasteiger partial charge on any atom is -0.296 e. The van der Waals surface area contributed by atoms with Gasteiger partial charge in [0.2, 0.25) is 0 Å². The van der Waals surface area contributed by atoms with Crippen LogP contribution in [0.2, 0.25) is 0 Å². The molecule has 1 N–H and O–H groups in total. The van der Waals surface area contributed by atoms with Crippen LogP contribution in [-0.4, -0.2) is 20.5 Å². The van der Waals surface area contributed by atoms with Crippen molar-refractivity contribution in [3.8, 4) is 16.9 Å². The van der Waals surface area contributed by atoms with Crippen LogP contribution in [0.15, 0.2) is 53.6 Å². The Morgan fingerprint density at radius 2 is 1.96 bits per heavy atom. The van der Waals surface area contributed by atoms with Gasteiger partial charge in [0.25, 0.3) is 5.56 Å². The number of Topliss-reactive ketones (excluding diaryl/α,β-unsaturated/α-hetero) is 1. The smallest absolute Gasteiger partial charge is 0.280 e. The number of nitrogens with zero attached hydrogens (tertiary/aromatic N) is 3. The summed E-state index contributed by atoms with van der Waals surface area (Å²) in [6, 6.07) is 10.0. The van der Waals surface area contributed by atoms with Crippen molar-refractivity contribution in [2.75, 3.05) is 0 Å². The second-order valence-electron chi connectivity index (χ2n) is 4.95. The van der Waals surface area contributed by atoms with Crippen LogP contribution in [-0.2, 0) is 0 Å². The average Bonchev–Trinajstić information content (AvgIpc) is 2.96. The van der Waals surface area contributed by atoms with E-state index < -0.39 is 0 Å². The average molecular weight is 304 g/mol. The van der Waals surface area contributed by atoms with E-state index in [0.29, 0.717) is 22.6 Å². The Hall–Kier alpha value is -3.46. The number of hydrogen-bond donors (Lipinski definition) is 1. The maximum absolute atomic E-state index is 12.5. The van der Waals surface area contributed by atoms with Crippen molar-refractivity contribution >= 4 is 11.5 Å². The van der Waals surface area contributed by atoms with Gasteiger partial charge in [-0.1, -0.05) is 24.3 Å². The van der Waals surface area contributed by atoms with Crippen LogP contribution in [0.4, 0.5) is 5.69 Å². The summed E-state index contributed by atoms with van der Waals surface area (Å²) in [5.74, 6) is 0.326. The van der Waals surface area contributed by atoms with Gasteiger partial charge in [0.05, 0.1) is 12.1 Å². The van der Waals surface area contributed by atoms with E-state index in [4.69, 9.17) is 6.57 Å². The summed E-state index contributed by atoms with van der Waals surface area (Å²) >= 11 is 0. The lowest BCUT2D eigenvalue weighted by Gasteiger charge is -2.01. The van der Waals surface area contributed by atoms with Gasteiger partial charge in [0, 0.05) is 18.0 Å². The van der Waals surface area contributed by atoms with Crippen LogP contribution in [0.1, 0.15) is 17.3 Å². The van der Waals surface area contributed by atoms with Gasteiger partial charge in [-0.3, -0.25) is 14.7 Å². The van der Waals surface area contributed by atoms with E-state index in [0.717, 1.165) is 5.56 Å². The summed E-state index contributed by atoms with van der Waals surface area (Å²) in [5, 5.41) is 2.86. The van der Waals surface area contributed by atoms with Crippen molar-refractivity contribution in [2.45, 2.75) is 6.92 Å². The fraction of sp³-hybridized carbons (Fsp3) is 0.0588. The molecule has 0 radical (unpaired) electrons. The molecule has 0 aliphatic carbocycles. The monoisotopic (exact) mass is 304 g/mol. The molecule has 0 amide bonds. The molecule has 0 bridgehead atoms. The van der Waals surface area contributed by atoms with Gasteiger partial charge in [-0.25, -0.2) is 14.5 Å². The van der Waals surface area contributed by atoms with Gasteiger partial charge >= 0.3 is 0 Å². The van der Waals surface area contributed by atoms with E-state index in [2.05, 4.69) is 14.9 Å². The summed E-state index contributed by atoms with van der Waals surface area (Å²) < 4.78 is 1.31. The largest absolute Gasteiger partial charge is 0.296 e. The minimum atomic E-state index is -0.247. The van der Waals surface area contributed by atoms with E-state index in [9.17, 15) is 9.59 Å². The molecule has 0 aliphatic rings. The predicted octanol–water partition coefficient (Wildman–Crippen LogP) is 2.98. The highest BCUT2D eigenvalue weighted by atomic mass is 16.1. The lowest BCUT2D eigenvalue weighted by molar-refractivity contribution is 0.101. The molecular formula is C17H12N4O2. The number of hydrogen-bond acceptors (Lipinski definition) is 3. The topological polar surface area (TPSA) is 72.1 Å². The van der Waals surface area contributed by atoms with Crippen molar-refractivity contribution in [3.63, 3.8) is 0 Å². The van der Waals surface area contributed by atoms with Gasteiger partial charge in [-0.15, -0.1) is 0 Å². The number of rotatable bonds is 3. The first-order chi connectivity index (χ1) is 11.1. The van der Waals surface area contributed by atoms with E-state index in [-0.39, 0.29) is 11.3 Å². The Morgan fingerprint density at radius 1 is 1.22 bits per heavy atom. The number of aromatic amines is 1. The number of carbonyl (C=O) groups is 1. The fourth-order valence-electron chi connectivity index (χ4n) is 2.19.